The van der Waals surface area contributed by atoms with Crippen molar-refractivity contribution in [3.8, 4) is 11.8 Å². The van der Waals surface area contributed by atoms with E-state index in [0.29, 0.717) is 0 Å². The van der Waals surface area contributed by atoms with Crippen LogP contribution >= 0.6 is 15.9 Å². The smallest absolute Gasteiger partial charge is 0.317 e. The highest BCUT2D eigenvalue weighted by Gasteiger charge is 1.93. The summed E-state index contributed by atoms with van der Waals surface area (Å²) in [4.78, 5) is 14.7. The van der Waals surface area contributed by atoms with Crippen molar-refractivity contribution in [2.75, 3.05) is 7.11 Å². The number of esters is 1. The van der Waals surface area contributed by atoms with Crippen molar-refractivity contribution in [3.63, 3.8) is 0 Å². The van der Waals surface area contributed by atoms with Crippen molar-refractivity contribution < 1.29 is 9.53 Å². The van der Waals surface area contributed by atoms with Gasteiger partial charge in [0.05, 0.1) is 7.11 Å². The van der Waals surface area contributed by atoms with Crippen LogP contribution in [-0.4, -0.2) is 18.1 Å². The number of rotatable bonds is 1. The summed E-state index contributed by atoms with van der Waals surface area (Å²) >= 11 is 3.21. The molecule has 0 aliphatic carbocycles. The zero-order valence-corrected chi connectivity index (χ0v) is 9.17. The molecule has 0 aromatic carbocycles. The van der Waals surface area contributed by atoms with Crippen LogP contribution in [0.25, 0.3) is 0 Å². The predicted octanol–water partition coefficient (Wildman–Crippen LogP) is 1.76. The molecule has 1 aromatic rings. The molecule has 1 heterocycles. The minimum atomic E-state index is -0.331. The van der Waals surface area contributed by atoms with Crippen molar-refractivity contribution in [1.82, 2.24) is 4.98 Å². The van der Waals surface area contributed by atoms with Crippen molar-refractivity contribution in [1.29, 1.82) is 0 Å². The molecule has 72 valence electrons. The highest BCUT2D eigenvalue weighted by atomic mass is 79.9. The third-order valence-corrected chi connectivity index (χ3v) is 1.89. The fourth-order valence-corrected chi connectivity index (χ4v) is 0.975. The van der Waals surface area contributed by atoms with Crippen molar-refractivity contribution in [2.24, 2.45) is 0 Å². The molecule has 0 bridgehead atoms. The van der Waals surface area contributed by atoms with Gasteiger partial charge in [0.1, 0.15) is 11.0 Å². The largest absolute Gasteiger partial charge is 0.468 e. The summed E-state index contributed by atoms with van der Waals surface area (Å²) in [7, 11) is 1.34. The van der Waals surface area contributed by atoms with Gasteiger partial charge in [0.2, 0.25) is 0 Å². The number of carbonyl (C=O) groups is 1. The first kappa shape index (κ1) is 10.7. The van der Waals surface area contributed by atoms with E-state index in [4.69, 9.17) is 0 Å². The van der Waals surface area contributed by atoms with E-state index in [-0.39, 0.29) is 12.4 Å². The zero-order chi connectivity index (χ0) is 10.4. The first-order valence-corrected chi connectivity index (χ1v) is 4.69. The van der Waals surface area contributed by atoms with Gasteiger partial charge >= 0.3 is 5.97 Å². The molecule has 14 heavy (non-hydrogen) atoms. The van der Waals surface area contributed by atoms with Crippen LogP contribution in [0.15, 0.2) is 22.9 Å². The van der Waals surface area contributed by atoms with Gasteiger partial charge in [-0.05, 0) is 28.1 Å². The average Bonchev–Trinajstić information content (AvgIpc) is 2.21. The summed E-state index contributed by atoms with van der Waals surface area (Å²) < 4.78 is 5.20. The van der Waals surface area contributed by atoms with Gasteiger partial charge in [-0.3, -0.25) is 4.79 Å². The third kappa shape index (κ3) is 3.58. The molecule has 0 saturated carbocycles. The van der Waals surface area contributed by atoms with Gasteiger partial charge in [0.15, 0.2) is 0 Å². The summed E-state index contributed by atoms with van der Waals surface area (Å²) in [5.41, 5.74) is 0.775. The molecule has 0 atom stereocenters. The van der Waals surface area contributed by atoms with E-state index in [1.165, 1.54) is 7.11 Å². The number of nitrogens with zero attached hydrogens (tertiary/aromatic N) is 1. The van der Waals surface area contributed by atoms with E-state index in [1.807, 2.05) is 6.07 Å². The maximum absolute atomic E-state index is 10.7. The molecule has 0 aliphatic rings. The Labute approximate surface area is 90.6 Å². The predicted molar refractivity (Wildman–Crippen MR) is 55.4 cm³/mol. The van der Waals surface area contributed by atoms with Gasteiger partial charge in [0.25, 0.3) is 0 Å². The number of ether oxygens (including phenoxy) is 1. The van der Waals surface area contributed by atoms with Crippen LogP contribution in [0, 0.1) is 11.8 Å². The van der Waals surface area contributed by atoms with E-state index >= 15 is 0 Å². The number of pyridine rings is 1. The molecule has 1 aromatic heterocycles. The second-order valence-corrected chi connectivity index (χ2v) is 3.24. The highest BCUT2D eigenvalue weighted by Crippen LogP contribution is 2.04. The Morgan fingerprint density at radius 2 is 2.43 bits per heavy atom. The molecule has 0 amide bonds. The Balaban J connectivity index is 2.59. The van der Waals surface area contributed by atoms with Crippen molar-refractivity contribution in [2.45, 2.75) is 6.42 Å². The molecule has 0 aliphatic heterocycles. The lowest BCUT2D eigenvalue weighted by Crippen LogP contribution is -1.97. The quantitative estimate of drug-likeness (QED) is 0.435. The fourth-order valence-electron chi connectivity index (χ4n) is 0.740. The summed E-state index contributed by atoms with van der Waals surface area (Å²) in [6.45, 7) is 0. The standard InChI is InChI=1S/C10H8BrNO2/c1-14-10(13)4-2-3-8-5-6-9(11)12-7-8/h5-7H,4H2,1H3. The first-order valence-electron chi connectivity index (χ1n) is 3.89. The second kappa shape index (κ2) is 5.40. The SMILES string of the molecule is COC(=O)CC#Cc1ccc(Br)nc1. The van der Waals surface area contributed by atoms with Gasteiger partial charge in [0, 0.05) is 11.8 Å². The van der Waals surface area contributed by atoms with E-state index in [2.05, 4.69) is 37.5 Å². The Kier molecular flexibility index (Phi) is 4.14. The van der Waals surface area contributed by atoms with E-state index < -0.39 is 0 Å². The maximum Gasteiger partial charge on any atom is 0.317 e. The summed E-state index contributed by atoms with van der Waals surface area (Å²) in [5, 5.41) is 0. The van der Waals surface area contributed by atoms with Gasteiger partial charge in [-0.15, -0.1) is 0 Å². The van der Waals surface area contributed by atoms with Crippen LogP contribution in [0.3, 0.4) is 0 Å². The summed E-state index contributed by atoms with van der Waals surface area (Å²) in [6.07, 6.45) is 1.74. The number of halogens is 1. The molecular formula is C10H8BrNO2. The molecule has 0 saturated heterocycles. The maximum atomic E-state index is 10.7. The Morgan fingerprint density at radius 3 is 3.00 bits per heavy atom. The van der Waals surface area contributed by atoms with E-state index in [1.54, 1.807) is 12.3 Å². The number of hydrogen-bond donors (Lipinski definition) is 0. The molecule has 0 spiro atoms. The molecule has 4 heteroatoms. The molecule has 1 rings (SSSR count). The average molecular weight is 254 g/mol. The molecule has 0 radical (unpaired) electrons. The number of aromatic nitrogens is 1. The number of hydrogen-bond acceptors (Lipinski definition) is 3. The van der Waals surface area contributed by atoms with Crippen LogP contribution < -0.4 is 0 Å². The summed E-state index contributed by atoms with van der Waals surface area (Å²) in [5.74, 6) is 5.16. The van der Waals surface area contributed by atoms with Gasteiger partial charge in [-0.2, -0.15) is 0 Å². The third-order valence-electron chi connectivity index (χ3n) is 1.42. The lowest BCUT2D eigenvalue weighted by atomic mass is 10.3. The highest BCUT2D eigenvalue weighted by molar-refractivity contribution is 9.10. The van der Waals surface area contributed by atoms with Gasteiger partial charge in [-0.1, -0.05) is 11.8 Å². The van der Waals surface area contributed by atoms with Gasteiger partial charge < -0.3 is 4.74 Å². The lowest BCUT2D eigenvalue weighted by molar-refractivity contribution is -0.139. The van der Waals surface area contributed by atoms with Crippen LogP contribution in [0.4, 0.5) is 0 Å². The second-order valence-electron chi connectivity index (χ2n) is 2.42. The van der Waals surface area contributed by atoms with Crippen LogP contribution in [0.5, 0.6) is 0 Å². The molecule has 0 unspecified atom stereocenters. The van der Waals surface area contributed by atoms with Crippen LogP contribution in [-0.2, 0) is 9.53 Å². The van der Waals surface area contributed by atoms with E-state index in [0.717, 1.165) is 10.2 Å². The minimum absolute atomic E-state index is 0.104. The van der Waals surface area contributed by atoms with Crippen molar-refractivity contribution >= 4 is 21.9 Å². The van der Waals surface area contributed by atoms with Crippen molar-refractivity contribution in [3.05, 3.63) is 28.5 Å². The van der Waals surface area contributed by atoms with E-state index in [9.17, 15) is 4.79 Å². The number of carbonyl (C=O) groups excluding carboxylic acids is 1. The minimum Gasteiger partial charge on any atom is -0.468 e. The molecular weight excluding hydrogens is 246 g/mol. The molecule has 0 N–H and O–H groups in total. The molecule has 0 fully saturated rings. The Bertz CT molecular complexity index is 375. The Morgan fingerprint density at radius 1 is 1.64 bits per heavy atom. The lowest BCUT2D eigenvalue weighted by Gasteiger charge is -1.90. The van der Waals surface area contributed by atoms with Gasteiger partial charge in [-0.25, -0.2) is 4.98 Å². The topological polar surface area (TPSA) is 39.2 Å². The fraction of sp³-hybridized carbons (Fsp3) is 0.200. The van der Waals surface area contributed by atoms with Crippen LogP contribution in [0.2, 0.25) is 0 Å². The normalized spacial score (nSPS) is 8.71. The Hall–Kier alpha value is -1.34. The first-order chi connectivity index (χ1) is 6.72. The van der Waals surface area contributed by atoms with Crippen LogP contribution in [0.1, 0.15) is 12.0 Å². The summed E-state index contributed by atoms with van der Waals surface area (Å²) in [6, 6.07) is 3.61. The monoisotopic (exact) mass is 253 g/mol. The number of methoxy groups -OCH3 is 1. The zero-order valence-electron chi connectivity index (χ0n) is 7.58. The molecule has 3 nitrogen and oxygen atoms in total.